The summed E-state index contributed by atoms with van der Waals surface area (Å²) in [7, 11) is 1.68. The van der Waals surface area contributed by atoms with Gasteiger partial charge in [0.2, 0.25) is 5.91 Å². The summed E-state index contributed by atoms with van der Waals surface area (Å²) in [6, 6.07) is 0. The molecule has 0 aliphatic heterocycles. The zero-order chi connectivity index (χ0) is 15.2. The van der Waals surface area contributed by atoms with Gasteiger partial charge in [0.25, 0.3) is 0 Å². The summed E-state index contributed by atoms with van der Waals surface area (Å²) >= 11 is 0. The smallest absolute Gasteiger partial charge is 0.325 e. The van der Waals surface area contributed by atoms with Crippen molar-refractivity contribution >= 4 is 11.9 Å². The van der Waals surface area contributed by atoms with E-state index in [4.69, 9.17) is 9.47 Å². The number of carbonyl (C=O) groups excluding carboxylic acids is 2. The van der Waals surface area contributed by atoms with Crippen LogP contribution in [-0.4, -0.2) is 37.7 Å². The number of ether oxygens (including phenoxy) is 2. The first kappa shape index (κ1) is 17.0. The van der Waals surface area contributed by atoms with Gasteiger partial charge in [-0.25, -0.2) is 0 Å². The summed E-state index contributed by atoms with van der Waals surface area (Å²) in [6.07, 6.45) is 4.15. The van der Waals surface area contributed by atoms with Gasteiger partial charge in [0.1, 0.15) is 12.6 Å². The number of rotatable bonds is 5. The Morgan fingerprint density at radius 3 is 2.45 bits per heavy atom. The molecule has 0 aromatic rings. The molecule has 0 aromatic heterocycles. The van der Waals surface area contributed by atoms with Crippen molar-refractivity contribution in [3.8, 4) is 0 Å². The molecule has 5 heteroatoms. The van der Waals surface area contributed by atoms with Crippen LogP contribution in [0.1, 0.15) is 52.9 Å². The monoisotopic (exact) mass is 285 g/mol. The molecular weight excluding hydrogens is 258 g/mol. The SMILES string of the molecule is CO[C@@H]1CCC[C@@H](OC(=O)CNC(=O)CC(C)(C)C)C1. The fourth-order valence-electron chi connectivity index (χ4n) is 2.37. The third-order valence-electron chi connectivity index (χ3n) is 3.33. The van der Waals surface area contributed by atoms with Crippen LogP contribution in [0.25, 0.3) is 0 Å². The number of hydrogen-bond donors (Lipinski definition) is 1. The molecule has 1 N–H and O–H groups in total. The lowest BCUT2D eigenvalue weighted by Gasteiger charge is -2.28. The number of hydrogen-bond acceptors (Lipinski definition) is 4. The number of methoxy groups -OCH3 is 1. The molecule has 20 heavy (non-hydrogen) atoms. The van der Waals surface area contributed by atoms with E-state index < -0.39 is 0 Å². The quantitative estimate of drug-likeness (QED) is 0.785. The molecule has 116 valence electrons. The van der Waals surface area contributed by atoms with Crippen molar-refractivity contribution in [1.82, 2.24) is 5.32 Å². The second-order valence-electron chi connectivity index (χ2n) is 6.65. The molecule has 2 atom stereocenters. The molecule has 0 heterocycles. The molecule has 1 aliphatic rings. The molecular formula is C15H27NO4. The molecule has 1 saturated carbocycles. The lowest BCUT2D eigenvalue weighted by Crippen LogP contribution is -2.36. The van der Waals surface area contributed by atoms with Crippen LogP contribution in [0.15, 0.2) is 0 Å². The lowest BCUT2D eigenvalue weighted by molar-refractivity contribution is -0.152. The van der Waals surface area contributed by atoms with E-state index in [9.17, 15) is 9.59 Å². The van der Waals surface area contributed by atoms with E-state index in [-0.39, 0.29) is 36.0 Å². The highest BCUT2D eigenvalue weighted by molar-refractivity contribution is 5.82. The van der Waals surface area contributed by atoms with Crippen molar-refractivity contribution in [1.29, 1.82) is 0 Å². The summed E-state index contributed by atoms with van der Waals surface area (Å²) in [5.74, 6) is -0.484. The van der Waals surface area contributed by atoms with Crippen molar-refractivity contribution in [3.05, 3.63) is 0 Å². The fraction of sp³-hybridized carbons (Fsp3) is 0.867. The Balaban J connectivity index is 2.24. The van der Waals surface area contributed by atoms with Crippen LogP contribution in [0.4, 0.5) is 0 Å². The summed E-state index contributed by atoms with van der Waals surface area (Å²) in [6.45, 7) is 5.90. The zero-order valence-electron chi connectivity index (χ0n) is 13.0. The molecule has 0 aromatic carbocycles. The largest absolute Gasteiger partial charge is 0.461 e. The minimum atomic E-state index is -0.367. The Morgan fingerprint density at radius 2 is 1.85 bits per heavy atom. The highest BCUT2D eigenvalue weighted by Crippen LogP contribution is 2.23. The first-order chi connectivity index (χ1) is 9.30. The molecule has 0 bridgehead atoms. The maximum absolute atomic E-state index is 11.7. The summed E-state index contributed by atoms with van der Waals surface area (Å²) < 4.78 is 10.7. The van der Waals surface area contributed by atoms with Gasteiger partial charge in [-0.15, -0.1) is 0 Å². The second-order valence-corrected chi connectivity index (χ2v) is 6.65. The van der Waals surface area contributed by atoms with Gasteiger partial charge >= 0.3 is 5.97 Å². The normalized spacial score (nSPS) is 23.2. The van der Waals surface area contributed by atoms with Crippen LogP contribution in [0, 0.1) is 5.41 Å². The van der Waals surface area contributed by atoms with Gasteiger partial charge in [-0.05, 0) is 24.7 Å². The molecule has 0 unspecified atom stereocenters. The van der Waals surface area contributed by atoms with Crippen LogP contribution in [-0.2, 0) is 19.1 Å². The van der Waals surface area contributed by atoms with E-state index >= 15 is 0 Å². The average Bonchev–Trinajstić information content (AvgIpc) is 2.34. The Labute approximate surface area is 121 Å². The van der Waals surface area contributed by atoms with E-state index in [1.807, 2.05) is 20.8 Å². The third-order valence-corrected chi connectivity index (χ3v) is 3.33. The van der Waals surface area contributed by atoms with Gasteiger partial charge in [0.05, 0.1) is 6.10 Å². The molecule has 0 spiro atoms. The Kier molecular flexibility index (Phi) is 6.46. The van der Waals surface area contributed by atoms with E-state index in [1.54, 1.807) is 7.11 Å². The van der Waals surface area contributed by atoms with E-state index in [0.717, 1.165) is 25.7 Å². The Morgan fingerprint density at radius 1 is 1.20 bits per heavy atom. The van der Waals surface area contributed by atoms with Crippen molar-refractivity contribution in [2.75, 3.05) is 13.7 Å². The van der Waals surface area contributed by atoms with Crippen molar-refractivity contribution in [2.45, 2.75) is 65.1 Å². The predicted molar refractivity (Wildman–Crippen MR) is 76.2 cm³/mol. The minimum Gasteiger partial charge on any atom is -0.461 e. The number of amides is 1. The maximum Gasteiger partial charge on any atom is 0.325 e. The second kappa shape index (κ2) is 7.62. The van der Waals surface area contributed by atoms with Crippen LogP contribution >= 0.6 is 0 Å². The number of nitrogens with one attached hydrogen (secondary N) is 1. The maximum atomic E-state index is 11.7. The average molecular weight is 285 g/mol. The van der Waals surface area contributed by atoms with Gasteiger partial charge in [-0.2, -0.15) is 0 Å². The lowest BCUT2D eigenvalue weighted by atomic mass is 9.92. The van der Waals surface area contributed by atoms with Crippen LogP contribution in [0.5, 0.6) is 0 Å². The van der Waals surface area contributed by atoms with Crippen molar-refractivity contribution in [2.24, 2.45) is 5.41 Å². The summed E-state index contributed by atoms with van der Waals surface area (Å²) in [5.41, 5.74) is -0.0803. The van der Waals surface area contributed by atoms with Gasteiger partial charge in [-0.1, -0.05) is 20.8 Å². The minimum absolute atomic E-state index is 0.0525. The van der Waals surface area contributed by atoms with E-state index in [0.29, 0.717) is 6.42 Å². The van der Waals surface area contributed by atoms with E-state index in [1.165, 1.54) is 0 Å². The molecule has 5 nitrogen and oxygen atoms in total. The standard InChI is InChI=1S/C15H27NO4/c1-15(2,3)9-13(17)16-10-14(18)20-12-7-5-6-11(8-12)19-4/h11-12H,5-10H2,1-4H3,(H,16,17)/t11-,12-/m1/s1. The van der Waals surface area contributed by atoms with Crippen molar-refractivity contribution < 1.29 is 19.1 Å². The molecule has 0 radical (unpaired) electrons. The summed E-state index contributed by atoms with van der Waals surface area (Å²) in [5, 5.41) is 2.61. The van der Waals surface area contributed by atoms with Crippen LogP contribution in [0.2, 0.25) is 0 Å². The molecule has 1 amide bonds. The van der Waals surface area contributed by atoms with Crippen LogP contribution < -0.4 is 5.32 Å². The highest BCUT2D eigenvalue weighted by atomic mass is 16.5. The van der Waals surface area contributed by atoms with Gasteiger partial charge in [-0.3, -0.25) is 9.59 Å². The van der Waals surface area contributed by atoms with Crippen LogP contribution in [0.3, 0.4) is 0 Å². The first-order valence-electron chi connectivity index (χ1n) is 7.29. The zero-order valence-corrected chi connectivity index (χ0v) is 13.0. The summed E-state index contributed by atoms with van der Waals surface area (Å²) in [4.78, 5) is 23.3. The Bertz CT molecular complexity index is 335. The fourth-order valence-corrected chi connectivity index (χ4v) is 2.37. The number of esters is 1. The van der Waals surface area contributed by atoms with E-state index in [2.05, 4.69) is 5.32 Å². The number of carbonyl (C=O) groups is 2. The Hall–Kier alpha value is -1.10. The molecule has 0 saturated heterocycles. The van der Waals surface area contributed by atoms with Gasteiger partial charge in [0.15, 0.2) is 0 Å². The predicted octanol–water partition coefficient (Wildman–Crippen LogP) is 2.04. The molecule has 1 fully saturated rings. The molecule has 1 rings (SSSR count). The van der Waals surface area contributed by atoms with Gasteiger partial charge in [0, 0.05) is 20.0 Å². The molecule has 1 aliphatic carbocycles. The topological polar surface area (TPSA) is 64.6 Å². The first-order valence-corrected chi connectivity index (χ1v) is 7.29. The third kappa shape index (κ3) is 6.89. The van der Waals surface area contributed by atoms with Crippen molar-refractivity contribution in [3.63, 3.8) is 0 Å². The highest BCUT2D eigenvalue weighted by Gasteiger charge is 2.25. The van der Waals surface area contributed by atoms with Gasteiger partial charge < -0.3 is 14.8 Å².